The number of nitrogens with one attached hydrogen (secondary N) is 5. The van der Waals surface area contributed by atoms with Crippen LogP contribution >= 0.6 is 0 Å². The van der Waals surface area contributed by atoms with Crippen LogP contribution in [0.2, 0.25) is 0 Å². The molecule has 0 atom stereocenters. The van der Waals surface area contributed by atoms with E-state index >= 15 is 0 Å². The monoisotopic (exact) mass is 690 g/mol. The lowest BCUT2D eigenvalue weighted by Gasteiger charge is -2.10. The van der Waals surface area contributed by atoms with Gasteiger partial charge in [-0.25, -0.2) is 14.4 Å². The van der Waals surface area contributed by atoms with Crippen molar-refractivity contribution < 1.29 is 19.1 Å². The van der Waals surface area contributed by atoms with Crippen LogP contribution in [0.1, 0.15) is 11.1 Å². The van der Waals surface area contributed by atoms with E-state index in [2.05, 4.69) is 54.8 Å². The summed E-state index contributed by atoms with van der Waals surface area (Å²) in [5, 5.41) is 28.5. The van der Waals surface area contributed by atoms with E-state index in [-0.39, 0.29) is 12.1 Å². The van der Waals surface area contributed by atoms with Crippen molar-refractivity contribution in [3.8, 4) is 0 Å². The average molecular weight is 691 g/mol. The Kier molecular flexibility index (Phi) is 9.69. The van der Waals surface area contributed by atoms with Crippen molar-refractivity contribution in [3.63, 3.8) is 0 Å². The molecule has 0 fully saturated rings. The van der Waals surface area contributed by atoms with Gasteiger partial charge in [-0.3, -0.25) is 5.10 Å². The fourth-order valence-corrected chi connectivity index (χ4v) is 6.05. The highest BCUT2D eigenvalue weighted by Crippen LogP contribution is 2.24. The summed E-state index contributed by atoms with van der Waals surface area (Å²) >= 11 is 0. The summed E-state index contributed by atoms with van der Waals surface area (Å²) < 4.78 is 5.86. The normalized spacial score (nSPS) is 10.8. The largest absolute Gasteiger partial charge is 0.451 e. The van der Waals surface area contributed by atoms with E-state index in [0.717, 1.165) is 48.6 Å². The Hall–Kier alpha value is -7.21. The van der Waals surface area contributed by atoms with Crippen molar-refractivity contribution in [2.24, 2.45) is 0 Å². The Morgan fingerprint density at radius 1 is 0.615 bits per heavy atom. The SMILES string of the molecule is COC(=O)n1ncc2c(NC(=O)NCc3cccc4ccccc34)cccc21.O=C(NCc1cccc2ccccc12)Nc1cccc2[nH]ncc12. The summed E-state index contributed by atoms with van der Waals surface area (Å²) in [6.07, 6.45) is 2.63. The zero-order valence-corrected chi connectivity index (χ0v) is 28.1. The van der Waals surface area contributed by atoms with Gasteiger partial charge < -0.3 is 26.0 Å². The maximum atomic E-state index is 12.4. The number of benzene rings is 6. The number of carbonyl (C=O) groups excluding carboxylic acids is 3. The van der Waals surface area contributed by atoms with E-state index in [1.807, 2.05) is 84.9 Å². The van der Waals surface area contributed by atoms with E-state index < -0.39 is 6.09 Å². The maximum Gasteiger partial charge on any atom is 0.434 e. The molecule has 52 heavy (non-hydrogen) atoms. The third kappa shape index (κ3) is 7.21. The Labute approximate surface area is 297 Å². The molecule has 12 heteroatoms. The van der Waals surface area contributed by atoms with Crippen molar-refractivity contribution in [2.45, 2.75) is 13.1 Å². The van der Waals surface area contributed by atoms with Crippen LogP contribution in [0.15, 0.2) is 134 Å². The summed E-state index contributed by atoms with van der Waals surface area (Å²) in [6, 6.07) is 38.6. The fraction of sp³-hybridized carbons (Fsp3) is 0.0750. The molecular formula is C40H34N8O4. The number of aromatic amines is 1. The molecule has 5 N–H and O–H groups in total. The fourth-order valence-electron chi connectivity index (χ4n) is 6.05. The lowest BCUT2D eigenvalue weighted by Crippen LogP contribution is -2.28. The molecule has 0 saturated heterocycles. The Balaban J connectivity index is 0.000000164. The van der Waals surface area contributed by atoms with Crippen LogP contribution in [0.3, 0.4) is 0 Å². The van der Waals surface area contributed by atoms with Crippen LogP contribution in [0.5, 0.6) is 0 Å². The Morgan fingerprint density at radius 3 is 1.77 bits per heavy atom. The van der Waals surface area contributed by atoms with E-state index in [1.165, 1.54) is 18.7 Å². The molecule has 0 aliphatic heterocycles. The number of anilines is 2. The molecule has 6 aromatic carbocycles. The number of hydrogen-bond acceptors (Lipinski definition) is 6. The van der Waals surface area contributed by atoms with E-state index in [1.54, 1.807) is 24.4 Å². The molecular weight excluding hydrogens is 656 g/mol. The van der Waals surface area contributed by atoms with Crippen LogP contribution in [0.25, 0.3) is 43.4 Å². The molecule has 8 rings (SSSR count). The van der Waals surface area contributed by atoms with Crippen LogP contribution in [-0.2, 0) is 17.8 Å². The van der Waals surface area contributed by atoms with Crippen molar-refractivity contribution in [1.82, 2.24) is 30.6 Å². The molecule has 0 saturated carbocycles. The number of carbonyl (C=O) groups is 3. The summed E-state index contributed by atoms with van der Waals surface area (Å²) in [5.74, 6) is 0. The second kappa shape index (κ2) is 15.1. The van der Waals surface area contributed by atoms with Crippen molar-refractivity contribution in [2.75, 3.05) is 17.7 Å². The summed E-state index contributed by atoms with van der Waals surface area (Å²) in [7, 11) is 1.29. The number of rotatable bonds is 6. The van der Waals surface area contributed by atoms with Gasteiger partial charge in [0.2, 0.25) is 0 Å². The highest BCUT2D eigenvalue weighted by molar-refractivity contribution is 6.02. The molecule has 258 valence electrons. The third-order valence-corrected chi connectivity index (χ3v) is 8.58. The van der Waals surface area contributed by atoms with E-state index in [9.17, 15) is 14.4 Å². The number of aromatic nitrogens is 4. The summed E-state index contributed by atoms with van der Waals surface area (Å²) in [4.78, 5) is 36.4. The first-order chi connectivity index (χ1) is 25.5. The standard InChI is InChI=1S/C21H18N4O3.C19H16N4O/c1-28-21(27)25-19-11-5-10-18(17(19)13-23-25)24-20(26)22-12-15-8-4-7-14-6-2-3-9-16(14)15;24-19(22-17-9-4-10-18-16(17)12-21-23-18)20-11-14-7-3-6-13-5-1-2-8-15(13)14/h2-11,13H,12H2,1H3,(H2,22,24,26);1-10,12H,11H2,(H,21,23)(H2,20,22,24). The highest BCUT2D eigenvalue weighted by atomic mass is 16.5. The number of nitrogens with zero attached hydrogens (tertiary/aromatic N) is 3. The minimum Gasteiger partial charge on any atom is -0.451 e. The number of urea groups is 2. The summed E-state index contributed by atoms with van der Waals surface area (Å²) in [5.41, 5.74) is 4.86. The lowest BCUT2D eigenvalue weighted by atomic mass is 10.0. The number of ether oxygens (including phenoxy) is 1. The number of hydrogen-bond donors (Lipinski definition) is 5. The van der Waals surface area contributed by atoms with Gasteiger partial charge in [-0.2, -0.15) is 14.9 Å². The first kappa shape index (κ1) is 33.3. The minimum atomic E-state index is -0.590. The van der Waals surface area contributed by atoms with Gasteiger partial charge in [0.05, 0.1) is 41.9 Å². The smallest absolute Gasteiger partial charge is 0.434 e. The maximum absolute atomic E-state index is 12.4. The molecule has 2 aromatic heterocycles. The van der Waals surface area contributed by atoms with Gasteiger partial charge in [0.25, 0.3) is 0 Å². The van der Waals surface area contributed by atoms with Gasteiger partial charge in [0.1, 0.15) is 0 Å². The van der Waals surface area contributed by atoms with Gasteiger partial charge in [0.15, 0.2) is 0 Å². The molecule has 2 heterocycles. The topological polar surface area (TPSA) is 155 Å². The Morgan fingerprint density at radius 2 is 1.15 bits per heavy atom. The predicted molar refractivity (Wildman–Crippen MR) is 203 cm³/mol. The first-order valence-corrected chi connectivity index (χ1v) is 16.5. The first-order valence-electron chi connectivity index (χ1n) is 16.5. The van der Waals surface area contributed by atoms with E-state index in [4.69, 9.17) is 4.74 Å². The second-order valence-electron chi connectivity index (χ2n) is 11.8. The molecule has 0 spiro atoms. The molecule has 4 amide bonds. The zero-order valence-electron chi connectivity index (χ0n) is 28.1. The van der Waals surface area contributed by atoms with Gasteiger partial charge in [-0.15, -0.1) is 0 Å². The molecule has 8 aromatic rings. The molecule has 0 unspecified atom stereocenters. The number of amides is 4. The predicted octanol–water partition coefficient (Wildman–Crippen LogP) is 8.16. The second-order valence-corrected chi connectivity index (χ2v) is 11.8. The molecule has 0 aliphatic carbocycles. The quantitative estimate of drug-likeness (QED) is 0.119. The Bertz CT molecular complexity index is 2550. The van der Waals surface area contributed by atoms with Crippen LogP contribution in [0.4, 0.5) is 25.8 Å². The van der Waals surface area contributed by atoms with Crippen molar-refractivity contribution >= 4 is 72.9 Å². The number of fused-ring (bicyclic) bond motifs is 4. The van der Waals surface area contributed by atoms with Gasteiger partial charge in [0, 0.05) is 23.9 Å². The zero-order chi connectivity index (χ0) is 35.9. The summed E-state index contributed by atoms with van der Waals surface area (Å²) in [6.45, 7) is 0.860. The molecule has 0 aliphatic rings. The number of H-pyrrole nitrogens is 1. The van der Waals surface area contributed by atoms with Gasteiger partial charge in [-0.05, 0) is 56.9 Å². The average Bonchev–Trinajstić information content (AvgIpc) is 3.85. The third-order valence-electron chi connectivity index (χ3n) is 8.58. The minimum absolute atomic E-state index is 0.239. The van der Waals surface area contributed by atoms with E-state index in [0.29, 0.717) is 29.7 Å². The molecule has 12 nitrogen and oxygen atoms in total. The lowest BCUT2D eigenvalue weighted by molar-refractivity contribution is 0.170. The van der Waals surface area contributed by atoms with Gasteiger partial charge in [-0.1, -0.05) is 97.1 Å². The van der Waals surface area contributed by atoms with Crippen LogP contribution < -0.4 is 21.3 Å². The van der Waals surface area contributed by atoms with Crippen molar-refractivity contribution in [3.05, 3.63) is 145 Å². The van der Waals surface area contributed by atoms with Crippen LogP contribution in [-0.4, -0.2) is 45.2 Å². The molecule has 0 radical (unpaired) electrons. The highest BCUT2D eigenvalue weighted by Gasteiger charge is 2.14. The van der Waals surface area contributed by atoms with Crippen LogP contribution in [0, 0.1) is 0 Å². The van der Waals surface area contributed by atoms with Gasteiger partial charge >= 0.3 is 18.2 Å². The number of methoxy groups -OCH3 is 1. The van der Waals surface area contributed by atoms with Crippen molar-refractivity contribution in [1.29, 1.82) is 0 Å². The molecule has 0 bridgehead atoms.